The van der Waals surface area contributed by atoms with E-state index in [2.05, 4.69) is 4.72 Å². The molecule has 0 amide bonds. The zero-order valence-electron chi connectivity index (χ0n) is 11.6. The molecule has 1 aliphatic rings. The number of fused-ring (bicyclic) bond motifs is 1. The monoisotopic (exact) mass is 341 g/mol. The van der Waals surface area contributed by atoms with Crippen molar-refractivity contribution in [1.82, 2.24) is 4.72 Å². The maximum Gasteiger partial charge on any atom is 0.240 e. The largest absolute Gasteiger partial charge is 0.486 e. The van der Waals surface area contributed by atoms with Crippen molar-refractivity contribution in [3.63, 3.8) is 0 Å². The first-order valence-electron chi connectivity index (χ1n) is 6.66. The average Bonchev–Trinajstić information content (AvgIpc) is 3.07. The first-order chi connectivity index (χ1) is 10.6. The maximum absolute atomic E-state index is 12.3. The van der Waals surface area contributed by atoms with Gasteiger partial charge in [0.05, 0.1) is 11.0 Å². The smallest absolute Gasteiger partial charge is 0.240 e. The normalized spacial score (nSPS) is 15.5. The minimum Gasteiger partial charge on any atom is -0.486 e. The average molecular weight is 341 g/mol. The quantitative estimate of drug-likeness (QED) is 0.861. The van der Waals surface area contributed by atoms with E-state index in [1.807, 2.05) is 5.38 Å². The third-order valence-electron chi connectivity index (χ3n) is 3.22. The van der Waals surface area contributed by atoms with E-state index in [0.29, 0.717) is 30.3 Å². The summed E-state index contributed by atoms with van der Waals surface area (Å²) in [6.45, 7) is 0.749. The lowest BCUT2D eigenvalue weighted by Gasteiger charge is -2.19. The molecule has 1 aromatic carbocycles. The van der Waals surface area contributed by atoms with Gasteiger partial charge in [0.1, 0.15) is 13.2 Å². The van der Waals surface area contributed by atoms with Crippen LogP contribution >= 0.6 is 11.3 Å². The second kappa shape index (κ2) is 6.25. The molecular weight excluding hydrogens is 326 g/mol. The Hall–Kier alpha value is -1.61. The van der Waals surface area contributed by atoms with Crippen LogP contribution in [0.25, 0.3) is 0 Å². The van der Waals surface area contributed by atoms with E-state index >= 15 is 0 Å². The van der Waals surface area contributed by atoms with E-state index in [-0.39, 0.29) is 11.4 Å². The summed E-state index contributed by atoms with van der Waals surface area (Å²) in [6.07, 6.45) is -0.877. The fraction of sp³-hybridized carbons (Fsp3) is 0.286. The van der Waals surface area contributed by atoms with Crippen molar-refractivity contribution in [3.8, 4) is 11.5 Å². The highest BCUT2D eigenvalue weighted by Crippen LogP contribution is 2.32. The van der Waals surface area contributed by atoms with Crippen molar-refractivity contribution in [2.45, 2.75) is 11.0 Å². The molecule has 0 spiro atoms. The zero-order chi connectivity index (χ0) is 15.6. The van der Waals surface area contributed by atoms with Crippen molar-refractivity contribution in [1.29, 1.82) is 0 Å². The fourth-order valence-corrected chi connectivity index (χ4v) is 3.81. The Kier molecular flexibility index (Phi) is 4.34. The minimum absolute atomic E-state index is 0.0780. The molecule has 0 radical (unpaired) electrons. The summed E-state index contributed by atoms with van der Waals surface area (Å²) < 4.78 is 37.7. The summed E-state index contributed by atoms with van der Waals surface area (Å²) in [7, 11) is -3.72. The molecule has 1 aliphatic heterocycles. The molecule has 0 fully saturated rings. The van der Waals surface area contributed by atoms with Gasteiger partial charge in [-0.1, -0.05) is 0 Å². The van der Waals surface area contributed by atoms with Gasteiger partial charge in [0.2, 0.25) is 10.0 Å². The lowest BCUT2D eigenvalue weighted by molar-refractivity contribution is 0.171. The van der Waals surface area contributed by atoms with Crippen molar-refractivity contribution in [2.75, 3.05) is 19.8 Å². The highest BCUT2D eigenvalue weighted by molar-refractivity contribution is 7.89. The molecule has 22 heavy (non-hydrogen) atoms. The van der Waals surface area contributed by atoms with Gasteiger partial charge in [-0.15, -0.1) is 0 Å². The standard InChI is InChI=1S/C14H15NO5S2/c16-12(10-3-6-21-9-10)8-15-22(17,18)11-1-2-13-14(7-11)20-5-4-19-13/h1-3,6-7,9,12,15-16H,4-5,8H2. The lowest BCUT2D eigenvalue weighted by atomic mass is 10.2. The molecule has 1 atom stereocenters. The summed E-state index contributed by atoms with van der Waals surface area (Å²) in [5, 5.41) is 13.6. The second-order valence-electron chi connectivity index (χ2n) is 4.73. The number of aliphatic hydroxyl groups is 1. The number of nitrogens with one attached hydrogen (secondary N) is 1. The lowest BCUT2D eigenvalue weighted by Crippen LogP contribution is -2.28. The Morgan fingerprint density at radius 1 is 1.23 bits per heavy atom. The van der Waals surface area contributed by atoms with Gasteiger partial charge in [0.15, 0.2) is 11.5 Å². The van der Waals surface area contributed by atoms with Gasteiger partial charge in [-0.3, -0.25) is 0 Å². The molecule has 0 bridgehead atoms. The Morgan fingerprint density at radius 3 is 2.73 bits per heavy atom. The SMILES string of the molecule is O=S(=O)(NCC(O)c1ccsc1)c1ccc2c(c1)OCCO2. The number of aliphatic hydroxyl groups excluding tert-OH is 1. The van der Waals surface area contributed by atoms with Crippen molar-refractivity contribution < 1.29 is 23.0 Å². The first-order valence-corrected chi connectivity index (χ1v) is 9.08. The molecule has 2 N–H and O–H groups in total. The van der Waals surface area contributed by atoms with E-state index in [4.69, 9.17) is 9.47 Å². The van der Waals surface area contributed by atoms with E-state index in [1.54, 1.807) is 17.5 Å². The van der Waals surface area contributed by atoms with Crippen molar-refractivity contribution in [2.24, 2.45) is 0 Å². The highest BCUT2D eigenvalue weighted by Gasteiger charge is 2.20. The first kappa shape index (κ1) is 15.3. The summed E-state index contributed by atoms with van der Waals surface area (Å²) in [5.41, 5.74) is 0.690. The van der Waals surface area contributed by atoms with Gasteiger partial charge in [-0.2, -0.15) is 11.3 Å². The Morgan fingerprint density at radius 2 is 2.00 bits per heavy atom. The Balaban J connectivity index is 1.72. The molecule has 0 saturated heterocycles. The van der Waals surface area contributed by atoms with Crippen LogP contribution in [-0.2, 0) is 10.0 Å². The van der Waals surface area contributed by atoms with Gasteiger partial charge < -0.3 is 14.6 Å². The van der Waals surface area contributed by atoms with Gasteiger partial charge in [0, 0.05) is 12.6 Å². The van der Waals surface area contributed by atoms with Crippen LogP contribution in [0.1, 0.15) is 11.7 Å². The number of rotatable bonds is 5. The summed E-state index contributed by atoms with van der Waals surface area (Å²) in [4.78, 5) is 0.0780. The zero-order valence-corrected chi connectivity index (χ0v) is 13.2. The maximum atomic E-state index is 12.3. The molecule has 6 nitrogen and oxygen atoms in total. The van der Waals surface area contributed by atoms with Crippen LogP contribution in [0.2, 0.25) is 0 Å². The summed E-state index contributed by atoms with van der Waals surface area (Å²) in [5.74, 6) is 0.941. The van der Waals surface area contributed by atoms with Gasteiger partial charge in [-0.25, -0.2) is 13.1 Å². The van der Waals surface area contributed by atoms with Crippen LogP contribution in [0.4, 0.5) is 0 Å². The third kappa shape index (κ3) is 3.25. The molecule has 0 saturated carbocycles. The predicted molar refractivity (Wildman–Crippen MR) is 81.9 cm³/mol. The van der Waals surface area contributed by atoms with Crippen LogP contribution < -0.4 is 14.2 Å². The number of benzene rings is 1. The molecule has 1 aromatic heterocycles. The molecular formula is C14H15NO5S2. The number of sulfonamides is 1. The third-order valence-corrected chi connectivity index (χ3v) is 5.34. The van der Waals surface area contributed by atoms with Gasteiger partial charge >= 0.3 is 0 Å². The predicted octanol–water partition coefficient (Wildman–Crippen LogP) is 1.53. The van der Waals surface area contributed by atoms with E-state index in [9.17, 15) is 13.5 Å². The number of ether oxygens (including phenoxy) is 2. The number of hydrogen-bond acceptors (Lipinski definition) is 6. The molecule has 8 heteroatoms. The van der Waals surface area contributed by atoms with E-state index in [0.717, 1.165) is 0 Å². The Bertz CT molecular complexity index is 743. The number of thiophene rings is 1. The summed E-state index contributed by atoms with van der Waals surface area (Å²) in [6, 6.07) is 6.20. The molecule has 1 unspecified atom stereocenters. The van der Waals surface area contributed by atoms with Crippen LogP contribution in [0, 0.1) is 0 Å². The number of hydrogen-bond donors (Lipinski definition) is 2. The van der Waals surface area contributed by atoms with Crippen LogP contribution in [0.3, 0.4) is 0 Å². The van der Waals surface area contributed by atoms with E-state index in [1.165, 1.54) is 23.5 Å². The highest BCUT2D eigenvalue weighted by atomic mass is 32.2. The van der Waals surface area contributed by atoms with Gasteiger partial charge in [0.25, 0.3) is 0 Å². The second-order valence-corrected chi connectivity index (χ2v) is 7.28. The molecule has 0 aliphatic carbocycles. The topological polar surface area (TPSA) is 84.9 Å². The van der Waals surface area contributed by atoms with Crippen molar-refractivity contribution >= 4 is 21.4 Å². The summed E-state index contributed by atoms with van der Waals surface area (Å²) >= 11 is 1.45. The molecule has 118 valence electrons. The van der Waals surface area contributed by atoms with Crippen LogP contribution in [0.5, 0.6) is 11.5 Å². The van der Waals surface area contributed by atoms with Crippen molar-refractivity contribution in [3.05, 3.63) is 40.6 Å². The van der Waals surface area contributed by atoms with Crippen LogP contribution in [-0.4, -0.2) is 33.3 Å². The fourth-order valence-electron chi connectivity index (χ4n) is 2.05. The minimum atomic E-state index is -3.72. The van der Waals surface area contributed by atoms with Crippen LogP contribution in [0.15, 0.2) is 39.9 Å². The van der Waals surface area contributed by atoms with E-state index < -0.39 is 16.1 Å². The molecule has 2 heterocycles. The molecule has 2 aromatic rings. The van der Waals surface area contributed by atoms with Gasteiger partial charge in [-0.05, 0) is 34.5 Å². The molecule has 3 rings (SSSR count). The Labute approximate surface area is 132 Å².